The summed E-state index contributed by atoms with van der Waals surface area (Å²) in [6.07, 6.45) is -2.10. The minimum atomic E-state index is -4.36. The van der Waals surface area contributed by atoms with Gasteiger partial charge in [-0.15, -0.1) is 0 Å². The van der Waals surface area contributed by atoms with Crippen LogP contribution in [0.5, 0.6) is 0 Å². The van der Waals surface area contributed by atoms with Crippen molar-refractivity contribution in [2.75, 3.05) is 13.2 Å². The van der Waals surface area contributed by atoms with Crippen LogP contribution in [-0.2, 0) is 12.7 Å². The number of likely N-dealkylation sites (N-methyl/N-ethyl adjacent to an activating group) is 1. The third-order valence-electron chi connectivity index (χ3n) is 2.34. The Morgan fingerprint density at radius 3 is 2.71 bits per heavy atom. The van der Waals surface area contributed by atoms with E-state index in [9.17, 15) is 13.2 Å². The average molecular weight is 251 g/mol. The number of rotatable bonds is 6. The predicted octanol–water partition coefficient (Wildman–Crippen LogP) is 1.26. The summed E-state index contributed by atoms with van der Waals surface area (Å²) in [7, 11) is 0. The Kier molecular flexibility index (Phi) is 4.95. The summed E-state index contributed by atoms with van der Waals surface area (Å²) in [5.41, 5.74) is -0.753. The number of halogens is 3. The molecule has 0 fully saturated rings. The van der Waals surface area contributed by atoms with Crippen molar-refractivity contribution in [3.8, 4) is 0 Å². The Hall–Kier alpha value is -1.08. The molecule has 4 nitrogen and oxygen atoms in total. The first-order chi connectivity index (χ1) is 7.97. The van der Waals surface area contributed by atoms with Crippen LogP contribution >= 0.6 is 0 Å². The van der Waals surface area contributed by atoms with Gasteiger partial charge in [0, 0.05) is 18.8 Å². The van der Waals surface area contributed by atoms with Crippen molar-refractivity contribution in [2.24, 2.45) is 0 Å². The normalized spacial score (nSPS) is 13.9. The maximum Gasteiger partial charge on any atom is 0.419 e. The average Bonchev–Trinajstić information content (AvgIpc) is 2.66. The number of aromatic nitrogens is 2. The lowest BCUT2D eigenvalue weighted by molar-refractivity contribution is -0.137. The van der Waals surface area contributed by atoms with Gasteiger partial charge in [0.2, 0.25) is 0 Å². The van der Waals surface area contributed by atoms with Gasteiger partial charge in [-0.2, -0.15) is 18.3 Å². The Morgan fingerprint density at radius 1 is 1.53 bits per heavy atom. The maximum absolute atomic E-state index is 12.3. The van der Waals surface area contributed by atoms with Crippen molar-refractivity contribution in [3.05, 3.63) is 18.0 Å². The number of alkyl halides is 3. The molecule has 0 spiro atoms. The van der Waals surface area contributed by atoms with Crippen LogP contribution in [0.25, 0.3) is 0 Å². The van der Waals surface area contributed by atoms with E-state index >= 15 is 0 Å². The smallest absolute Gasteiger partial charge is 0.396 e. The van der Waals surface area contributed by atoms with E-state index in [-0.39, 0.29) is 12.6 Å². The molecule has 1 aromatic heterocycles. The molecule has 1 unspecified atom stereocenters. The van der Waals surface area contributed by atoms with Crippen molar-refractivity contribution in [2.45, 2.75) is 32.1 Å². The lowest BCUT2D eigenvalue weighted by atomic mass is 10.2. The molecule has 0 aliphatic heterocycles. The van der Waals surface area contributed by atoms with E-state index in [2.05, 4.69) is 10.4 Å². The molecule has 1 heterocycles. The van der Waals surface area contributed by atoms with E-state index in [0.717, 1.165) is 12.4 Å². The molecule has 0 amide bonds. The van der Waals surface area contributed by atoms with Crippen molar-refractivity contribution in [3.63, 3.8) is 0 Å². The lowest BCUT2D eigenvalue weighted by Gasteiger charge is -2.16. The van der Waals surface area contributed by atoms with Crippen LogP contribution in [0.2, 0.25) is 0 Å². The molecule has 0 aliphatic rings. The molecule has 7 heteroatoms. The minimum absolute atomic E-state index is 0.00887. The number of hydrogen-bond acceptors (Lipinski definition) is 3. The highest BCUT2D eigenvalue weighted by atomic mass is 19.4. The van der Waals surface area contributed by atoms with Gasteiger partial charge in [-0.25, -0.2) is 0 Å². The van der Waals surface area contributed by atoms with Crippen LogP contribution in [0, 0.1) is 0 Å². The molecular formula is C10H16F3N3O. The van der Waals surface area contributed by atoms with Gasteiger partial charge < -0.3 is 10.4 Å². The fourth-order valence-corrected chi connectivity index (χ4v) is 1.54. The van der Waals surface area contributed by atoms with Crippen LogP contribution in [0.1, 0.15) is 18.9 Å². The second kappa shape index (κ2) is 6.02. The first kappa shape index (κ1) is 14.0. The van der Waals surface area contributed by atoms with Crippen molar-refractivity contribution >= 4 is 0 Å². The van der Waals surface area contributed by atoms with E-state index in [1.165, 1.54) is 4.68 Å². The fourth-order valence-electron chi connectivity index (χ4n) is 1.54. The summed E-state index contributed by atoms with van der Waals surface area (Å²) in [5, 5.41) is 15.6. The van der Waals surface area contributed by atoms with Gasteiger partial charge in [0.15, 0.2) is 0 Å². The van der Waals surface area contributed by atoms with E-state index in [1.807, 2.05) is 6.92 Å². The highest BCUT2D eigenvalue weighted by Gasteiger charge is 2.32. The van der Waals surface area contributed by atoms with Crippen LogP contribution in [0.15, 0.2) is 12.4 Å². The van der Waals surface area contributed by atoms with Gasteiger partial charge in [-0.1, -0.05) is 6.92 Å². The predicted molar refractivity (Wildman–Crippen MR) is 56.4 cm³/mol. The zero-order valence-corrected chi connectivity index (χ0v) is 9.54. The Labute approximate surface area is 97.4 Å². The molecule has 1 aromatic rings. The monoisotopic (exact) mass is 251 g/mol. The van der Waals surface area contributed by atoms with Crippen LogP contribution in [-0.4, -0.2) is 34.1 Å². The third kappa shape index (κ3) is 4.35. The minimum Gasteiger partial charge on any atom is -0.396 e. The summed E-state index contributed by atoms with van der Waals surface area (Å²) in [6, 6.07) is -0.0778. The summed E-state index contributed by atoms with van der Waals surface area (Å²) >= 11 is 0. The Balaban J connectivity index is 2.63. The molecule has 0 aromatic carbocycles. The molecule has 0 radical (unpaired) electrons. The zero-order chi connectivity index (χ0) is 12.9. The molecule has 17 heavy (non-hydrogen) atoms. The first-order valence-corrected chi connectivity index (χ1v) is 5.41. The SMILES string of the molecule is CCNC(CCO)Cn1cc(C(F)(F)F)cn1. The van der Waals surface area contributed by atoms with E-state index in [4.69, 9.17) is 5.11 Å². The second-order valence-electron chi connectivity index (χ2n) is 3.72. The van der Waals surface area contributed by atoms with E-state index < -0.39 is 11.7 Å². The number of nitrogens with one attached hydrogen (secondary N) is 1. The molecule has 2 N–H and O–H groups in total. The number of nitrogens with zero attached hydrogens (tertiary/aromatic N) is 2. The molecule has 0 saturated carbocycles. The second-order valence-corrected chi connectivity index (χ2v) is 3.72. The van der Waals surface area contributed by atoms with Gasteiger partial charge in [-0.05, 0) is 13.0 Å². The molecular weight excluding hydrogens is 235 g/mol. The summed E-state index contributed by atoms with van der Waals surface area (Å²) in [4.78, 5) is 0. The first-order valence-electron chi connectivity index (χ1n) is 5.41. The quantitative estimate of drug-likeness (QED) is 0.800. The molecule has 0 saturated heterocycles. The van der Waals surface area contributed by atoms with Gasteiger partial charge in [0.25, 0.3) is 0 Å². The summed E-state index contributed by atoms with van der Waals surface area (Å²) in [5.74, 6) is 0. The zero-order valence-electron chi connectivity index (χ0n) is 9.54. The largest absolute Gasteiger partial charge is 0.419 e. The summed E-state index contributed by atoms with van der Waals surface area (Å²) < 4.78 is 38.2. The highest BCUT2D eigenvalue weighted by Crippen LogP contribution is 2.28. The topological polar surface area (TPSA) is 50.1 Å². The maximum atomic E-state index is 12.3. The number of aliphatic hydroxyl groups excluding tert-OH is 1. The highest BCUT2D eigenvalue weighted by molar-refractivity contribution is 5.08. The van der Waals surface area contributed by atoms with Crippen LogP contribution < -0.4 is 5.32 Å². The number of hydrogen-bond donors (Lipinski definition) is 2. The molecule has 0 aliphatic carbocycles. The van der Waals surface area contributed by atoms with Crippen LogP contribution in [0.3, 0.4) is 0 Å². The van der Waals surface area contributed by atoms with Gasteiger partial charge in [0.05, 0.1) is 18.3 Å². The standard InChI is InChI=1S/C10H16F3N3O/c1-2-14-9(3-4-17)7-16-6-8(5-15-16)10(11,12)13/h5-6,9,14,17H,2-4,7H2,1H3. The Bertz CT molecular complexity index is 332. The molecule has 1 rings (SSSR count). The van der Waals surface area contributed by atoms with Gasteiger partial charge >= 0.3 is 6.18 Å². The van der Waals surface area contributed by atoms with Crippen molar-refractivity contribution in [1.82, 2.24) is 15.1 Å². The molecule has 0 bridgehead atoms. The number of aliphatic hydroxyl groups is 1. The van der Waals surface area contributed by atoms with Gasteiger partial charge in [-0.3, -0.25) is 4.68 Å². The van der Waals surface area contributed by atoms with E-state index in [1.54, 1.807) is 0 Å². The molecule has 98 valence electrons. The van der Waals surface area contributed by atoms with Crippen molar-refractivity contribution < 1.29 is 18.3 Å². The third-order valence-corrected chi connectivity index (χ3v) is 2.34. The summed E-state index contributed by atoms with van der Waals surface area (Å²) in [6.45, 7) is 2.89. The van der Waals surface area contributed by atoms with Crippen molar-refractivity contribution in [1.29, 1.82) is 0 Å². The Morgan fingerprint density at radius 2 is 2.24 bits per heavy atom. The van der Waals surface area contributed by atoms with E-state index in [0.29, 0.717) is 19.5 Å². The fraction of sp³-hybridized carbons (Fsp3) is 0.700. The lowest BCUT2D eigenvalue weighted by Crippen LogP contribution is -2.34. The van der Waals surface area contributed by atoms with Crippen LogP contribution in [0.4, 0.5) is 13.2 Å². The van der Waals surface area contributed by atoms with Gasteiger partial charge in [0.1, 0.15) is 0 Å². The molecule has 1 atom stereocenters.